The molecular formula is C17H19ClN2O3S2. The SMILES string of the molecule is Cc1cc(C(=O)/C=C/c2c(C)nn([C@@H]3CCS(=O)(=O)C3)c2Cl)c(C)s1. The number of aryl methyl sites for hydroxylation is 3. The van der Waals surface area contributed by atoms with Gasteiger partial charge < -0.3 is 0 Å². The van der Waals surface area contributed by atoms with Gasteiger partial charge in [0.05, 0.1) is 23.2 Å². The zero-order valence-electron chi connectivity index (χ0n) is 14.2. The normalized spacial score (nSPS) is 19.8. The highest BCUT2D eigenvalue weighted by Gasteiger charge is 2.31. The Balaban J connectivity index is 1.86. The predicted octanol–water partition coefficient (Wildman–Crippen LogP) is 3.78. The van der Waals surface area contributed by atoms with Crippen LogP contribution in [0.5, 0.6) is 0 Å². The van der Waals surface area contributed by atoms with Crippen LogP contribution in [0.1, 0.15) is 43.8 Å². The molecule has 25 heavy (non-hydrogen) atoms. The molecule has 8 heteroatoms. The quantitative estimate of drug-likeness (QED) is 0.580. The van der Waals surface area contributed by atoms with Gasteiger partial charge in [0.2, 0.25) is 0 Å². The monoisotopic (exact) mass is 398 g/mol. The van der Waals surface area contributed by atoms with Gasteiger partial charge in [0.1, 0.15) is 5.15 Å². The number of hydrogen-bond donors (Lipinski definition) is 0. The van der Waals surface area contributed by atoms with Crippen LogP contribution in [-0.2, 0) is 9.84 Å². The van der Waals surface area contributed by atoms with Crippen molar-refractivity contribution >= 4 is 44.6 Å². The van der Waals surface area contributed by atoms with Gasteiger partial charge in [-0.15, -0.1) is 11.3 Å². The number of aromatic nitrogens is 2. The van der Waals surface area contributed by atoms with Crippen LogP contribution in [0.2, 0.25) is 5.15 Å². The summed E-state index contributed by atoms with van der Waals surface area (Å²) in [5, 5.41) is 4.77. The van der Waals surface area contributed by atoms with Gasteiger partial charge in [0, 0.05) is 20.9 Å². The molecule has 2 aromatic rings. The topological polar surface area (TPSA) is 69.0 Å². The molecule has 1 aliphatic rings. The number of hydrogen-bond acceptors (Lipinski definition) is 5. The smallest absolute Gasteiger partial charge is 0.186 e. The highest BCUT2D eigenvalue weighted by atomic mass is 35.5. The van der Waals surface area contributed by atoms with E-state index in [2.05, 4.69) is 5.10 Å². The van der Waals surface area contributed by atoms with Gasteiger partial charge in [0.15, 0.2) is 15.6 Å². The van der Waals surface area contributed by atoms with E-state index in [0.717, 1.165) is 9.75 Å². The number of sulfone groups is 1. The number of rotatable bonds is 4. The molecule has 0 N–H and O–H groups in total. The van der Waals surface area contributed by atoms with E-state index in [1.165, 1.54) is 6.08 Å². The molecule has 5 nitrogen and oxygen atoms in total. The van der Waals surface area contributed by atoms with Crippen molar-refractivity contribution in [3.8, 4) is 0 Å². The lowest BCUT2D eigenvalue weighted by atomic mass is 10.1. The zero-order chi connectivity index (χ0) is 18.4. The molecule has 1 fully saturated rings. The van der Waals surface area contributed by atoms with Gasteiger partial charge in [0.25, 0.3) is 0 Å². The number of halogens is 1. The largest absolute Gasteiger partial charge is 0.289 e. The first-order valence-corrected chi connectivity index (χ1v) is 10.9. The Morgan fingerprint density at radius 1 is 1.40 bits per heavy atom. The minimum atomic E-state index is -3.02. The van der Waals surface area contributed by atoms with Crippen molar-refractivity contribution in [3.05, 3.63) is 43.9 Å². The number of carbonyl (C=O) groups excluding carboxylic acids is 1. The van der Waals surface area contributed by atoms with Crippen molar-refractivity contribution in [2.24, 2.45) is 0 Å². The van der Waals surface area contributed by atoms with Gasteiger partial charge in [-0.3, -0.25) is 4.79 Å². The summed E-state index contributed by atoms with van der Waals surface area (Å²) in [5.74, 6) is 0.143. The van der Waals surface area contributed by atoms with Gasteiger partial charge in [-0.1, -0.05) is 11.6 Å². The lowest BCUT2D eigenvalue weighted by molar-refractivity contribution is 0.104. The summed E-state index contributed by atoms with van der Waals surface area (Å²) in [6, 6.07) is 1.64. The Hall–Kier alpha value is -1.44. The van der Waals surface area contributed by atoms with E-state index in [-0.39, 0.29) is 23.3 Å². The van der Waals surface area contributed by atoms with Crippen molar-refractivity contribution in [3.63, 3.8) is 0 Å². The highest BCUT2D eigenvalue weighted by Crippen LogP contribution is 2.30. The molecule has 1 saturated heterocycles. The lowest BCUT2D eigenvalue weighted by Crippen LogP contribution is -2.12. The van der Waals surface area contributed by atoms with Crippen LogP contribution in [0.25, 0.3) is 6.08 Å². The summed E-state index contributed by atoms with van der Waals surface area (Å²) in [4.78, 5) is 14.5. The Labute approximate surface area is 156 Å². The zero-order valence-corrected chi connectivity index (χ0v) is 16.6. The molecule has 3 heterocycles. The van der Waals surface area contributed by atoms with E-state index in [4.69, 9.17) is 11.6 Å². The average molecular weight is 399 g/mol. The van der Waals surface area contributed by atoms with Gasteiger partial charge in [-0.25, -0.2) is 13.1 Å². The molecule has 3 rings (SSSR count). The number of carbonyl (C=O) groups is 1. The van der Waals surface area contributed by atoms with Crippen molar-refractivity contribution in [1.29, 1.82) is 0 Å². The van der Waals surface area contributed by atoms with E-state index in [1.807, 2.05) is 19.9 Å². The van der Waals surface area contributed by atoms with Crippen LogP contribution < -0.4 is 0 Å². The third kappa shape index (κ3) is 3.73. The maximum atomic E-state index is 12.4. The molecular weight excluding hydrogens is 380 g/mol. The number of nitrogens with zero attached hydrogens (tertiary/aromatic N) is 2. The molecule has 2 aromatic heterocycles. The third-order valence-electron chi connectivity index (χ3n) is 4.33. The van der Waals surface area contributed by atoms with Crippen molar-refractivity contribution < 1.29 is 13.2 Å². The lowest BCUT2D eigenvalue weighted by Gasteiger charge is -2.09. The molecule has 1 aliphatic heterocycles. The summed E-state index contributed by atoms with van der Waals surface area (Å²) in [6.45, 7) is 5.70. The fraction of sp³-hybridized carbons (Fsp3) is 0.412. The first kappa shape index (κ1) is 18.4. The Morgan fingerprint density at radius 2 is 2.12 bits per heavy atom. The molecule has 0 bridgehead atoms. The molecule has 0 spiro atoms. The second kappa shape index (κ2) is 6.70. The average Bonchev–Trinajstić information content (AvgIpc) is 3.13. The first-order valence-electron chi connectivity index (χ1n) is 7.92. The Bertz CT molecular complexity index is 970. The van der Waals surface area contributed by atoms with E-state index in [9.17, 15) is 13.2 Å². The van der Waals surface area contributed by atoms with Crippen LogP contribution in [0.3, 0.4) is 0 Å². The second-order valence-electron chi connectivity index (χ2n) is 6.32. The van der Waals surface area contributed by atoms with Crippen molar-refractivity contribution in [1.82, 2.24) is 9.78 Å². The van der Waals surface area contributed by atoms with Crippen LogP contribution in [0.4, 0.5) is 0 Å². The molecule has 0 saturated carbocycles. The maximum Gasteiger partial charge on any atom is 0.186 e. The maximum absolute atomic E-state index is 12.4. The third-order valence-corrected chi connectivity index (χ3v) is 7.43. The van der Waals surface area contributed by atoms with E-state index in [0.29, 0.717) is 28.4 Å². The van der Waals surface area contributed by atoms with Crippen LogP contribution >= 0.6 is 22.9 Å². The fourth-order valence-electron chi connectivity index (χ4n) is 3.06. The van der Waals surface area contributed by atoms with Crippen LogP contribution in [-0.4, -0.2) is 35.5 Å². The van der Waals surface area contributed by atoms with Crippen LogP contribution in [0.15, 0.2) is 12.1 Å². The Morgan fingerprint density at radius 3 is 2.68 bits per heavy atom. The number of thiophene rings is 1. The molecule has 0 radical (unpaired) electrons. The van der Waals surface area contributed by atoms with Crippen molar-refractivity contribution in [2.45, 2.75) is 33.2 Å². The van der Waals surface area contributed by atoms with Gasteiger partial charge in [-0.05, 0) is 45.4 Å². The van der Waals surface area contributed by atoms with Gasteiger partial charge in [-0.2, -0.15) is 5.10 Å². The van der Waals surface area contributed by atoms with E-state index in [1.54, 1.807) is 29.0 Å². The van der Waals surface area contributed by atoms with Crippen LogP contribution in [0, 0.1) is 20.8 Å². The summed E-state index contributed by atoms with van der Waals surface area (Å²) < 4.78 is 24.9. The fourth-order valence-corrected chi connectivity index (χ4v) is 6.05. The van der Waals surface area contributed by atoms with Gasteiger partial charge >= 0.3 is 0 Å². The summed E-state index contributed by atoms with van der Waals surface area (Å²) in [5.41, 5.74) is 2.03. The number of ketones is 1. The molecule has 0 amide bonds. The predicted molar refractivity (Wildman–Crippen MR) is 101 cm³/mol. The molecule has 1 atom stereocenters. The molecule has 0 aliphatic carbocycles. The number of allylic oxidation sites excluding steroid dienone is 1. The summed E-state index contributed by atoms with van der Waals surface area (Å²) in [6.07, 6.45) is 3.68. The summed E-state index contributed by atoms with van der Waals surface area (Å²) in [7, 11) is -3.02. The Kier molecular flexibility index (Phi) is 4.92. The molecule has 0 aromatic carbocycles. The van der Waals surface area contributed by atoms with E-state index >= 15 is 0 Å². The summed E-state index contributed by atoms with van der Waals surface area (Å²) >= 11 is 8.00. The second-order valence-corrected chi connectivity index (χ2v) is 10.4. The van der Waals surface area contributed by atoms with E-state index < -0.39 is 9.84 Å². The highest BCUT2D eigenvalue weighted by molar-refractivity contribution is 7.91. The minimum absolute atomic E-state index is 0.0588. The minimum Gasteiger partial charge on any atom is -0.289 e. The first-order chi connectivity index (χ1) is 11.7. The van der Waals surface area contributed by atoms with Crippen molar-refractivity contribution in [2.75, 3.05) is 11.5 Å². The molecule has 0 unspecified atom stereocenters. The standard InChI is InChI=1S/C17H19ClN2O3S2/c1-10-8-15(12(3)24-10)16(21)5-4-14-11(2)19-20(17(14)18)13-6-7-25(22,23)9-13/h4-5,8,13H,6-7,9H2,1-3H3/b5-4+/t13-/m1/s1. The molecule has 134 valence electrons.